The van der Waals surface area contributed by atoms with Crippen LogP contribution in [0.4, 0.5) is 5.69 Å². The lowest BCUT2D eigenvalue weighted by Crippen LogP contribution is -2.20. The van der Waals surface area contributed by atoms with Crippen molar-refractivity contribution in [1.82, 2.24) is 4.57 Å². The summed E-state index contributed by atoms with van der Waals surface area (Å²) < 4.78 is 1.61. The normalized spacial score (nSPS) is 10.6. The molecule has 0 unspecified atom stereocenters. The van der Waals surface area contributed by atoms with Gasteiger partial charge in [0.15, 0.2) is 0 Å². The predicted octanol–water partition coefficient (Wildman–Crippen LogP) is 3.21. The Morgan fingerprint density at radius 3 is 2.80 bits per heavy atom. The van der Waals surface area contributed by atoms with Crippen molar-refractivity contribution in [2.24, 2.45) is 0 Å². The van der Waals surface area contributed by atoms with E-state index in [9.17, 15) is 9.59 Å². The van der Waals surface area contributed by atoms with E-state index in [2.05, 4.69) is 5.32 Å². The summed E-state index contributed by atoms with van der Waals surface area (Å²) in [5.74, 6) is -0.132. The minimum absolute atomic E-state index is 0.0331. The molecule has 2 rings (SSSR count). The number of hydrogen-bond acceptors (Lipinski definition) is 3. The predicted molar refractivity (Wildman–Crippen MR) is 82.8 cm³/mol. The third-order valence-corrected chi connectivity index (χ3v) is 4.13. The largest absolute Gasteiger partial charge is 0.326 e. The van der Waals surface area contributed by atoms with Gasteiger partial charge in [0.1, 0.15) is 0 Å². The lowest BCUT2D eigenvalue weighted by molar-refractivity contribution is -0.116. The summed E-state index contributed by atoms with van der Waals surface area (Å²) in [5.41, 5.74) is 2.54. The summed E-state index contributed by atoms with van der Waals surface area (Å²) in [7, 11) is 0. The van der Waals surface area contributed by atoms with E-state index in [-0.39, 0.29) is 17.2 Å². The zero-order valence-corrected chi connectivity index (χ0v) is 12.8. The van der Waals surface area contributed by atoms with E-state index in [0.29, 0.717) is 17.3 Å². The second kappa shape index (κ2) is 6.24. The van der Waals surface area contributed by atoms with Gasteiger partial charge in [0.2, 0.25) is 5.91 Å². The summed E-state index contributed by atoms with van der Waals surface area (Å²) in [6.07, 6.45) is 0.253. The van der Waals surface area contributed by atoms with Gasteiger partial charge in [-0.2, -0.15) is 0 Å². The summed E-state index contributed by atoms with van der Waals surface area (Å²) in [6.45, 7) is 4.15. The molecule has 0 bridgehead atoms. The molecule has 2 aromatic rings. The van der Waals surface area contributed by atoms with Gasteiger partial charge < -0.3 is 9.88 Å². The van der Waals surface area contributed by atoms with Crippen LogP contribution in [0.1, 0.15) is 17.7 Å². The molecule has 0 saturated heterocycles. The van der Waals surface area contributed by atoms with Crippen molar-refractivity contribution in [3.05, 3.63) is 49.5 Å². The number of aromatic nitrogens is 1. The molecule has 1 aromatic carbocycles. The highest BCUT2D eigenvalue weighted by atomic mass is 35.5. The van der Waals surface area contributed by atoms with Crippen molar-refractivity contribution in [1.29, 1.82) is 0 Å². The Hall–Kier alpha value is -1.59. The highest BCUT2D eigenvalue weighted by Gasteiger charge is 2.08. The average Bonchev–Trinajstić information content (AvgIpc) is 2.71. The maximum Gasteiger partial charge on any atom is 0.307 e. The van der Waals surface area contributed by atoms with Gasteiger partial charge in [-0.3, -0.25) is 9.59 Å². The first-order chi connectivity index (χ1) is 9.47. The second-order valence-electron chi connectivity index (χ2n) is 4.55. The Labute approximate surface area is 126 Å². The zero-order chi connectivity index (χ0) is 14.7. The highest BCUT2D eigenvalue weighted by molar-refractivity contribution is 7.07. The van der Waals surface area contributed by atoms with Gasteiger partial charge in [0.05, 0.1) is 0 Å². The fraction of sp³-hybridized carbons (Fsp3) is 0.286. The molecule has 0 fully saturated rings. The van der Waals surface area contributed by atoms with Crippen molar-refractivity contribution in [2.45, 2.75) is 26.8 Å². The SMILES string of the molecule is Cc1ccc(Cl)cc1NC(=O)CCn1c(C)csc1=O. The van der Waals surface area contributed by atoms with E-state index in [1.807, 2.05) is 19.9 Å². The second-order valence-corrected chi connectivity index (χ2v) is 5.81. The van der Waals surface area contributed by atoms with E-state index >= 15 is 0 Å². The first kappa shape index (κ1) is 14.8. The number of hydrogen-bond donors (Lipinski definition) is 1. The molecule has 0 saturated carbocycles. The van der Waals surface area contributed by atoms with Gasteiger partial charge in [-0.15, -0.1) is 0 Å². The fourth-order valence-electron chi connectivity index (χ4n) is 1.83. The van der Waals surface area contributed by atoms with Crippen molar-refractivity contribution in [3.8, 4) is 0 Å². The van der Waals surface area contributed by atoms with E-state index < -0.39 is 0 Å². The topological polar surface area (TPSA) is 51.1 Å². The lowest BCUT2D eigenvalue weighted by atomic mass is 10.2. The quantitative estimate of drug-likeness (QED) is 0.942. The third kappa shape index (κ3) is 3.49. The maximum atomic E-state index is 11.9. The fourth-order valence-corrected chi connectivity index (χ4v) is 2.76. The Bertz CT molecular complexity index is 691. The summed E-state index contributed by atoms with van der Waals surface area (Å²) in [6, 6.07) is 5.35. The summed E-state index contributed by atoms with van der Waals surface area (Å²) >= 11 is 7.05. The molecule has 1 heterocycles. The number of aryl methyl sites for hydroxylation is 2. The van der Waals surface area contributed by atoms with Crippen LogP contribution < -0.4 is 10.2 Å². The number of carbonyl (C=O) groups excluding carboxylic acids is 1. The smallest absolute Gasteiger partial charge is 0.307 e. The van der Waals surface area contributed by atoms with Crippen LogP contribution in [-0.2, 0) is 11.3 Å². The minimum atomic E-state index is -0.132. The number of benzene rings is 1. The third-order valence-electron chi connectivity index (χ3n) is 3.01. The van der Waals surface area contributed by atoms with Gasteiger partial charge in [-0.25, -0.2) is 0 Å². The standard InChI is InChI=1S/C14H15ClN2O2S/c1-9-3-4-11(15)7-12(9)16-13(18)5-6-17-10(2)8-20-14(17)19/h3-4,7-8H,5-6H2,1-2H3,(H,16,18). The van der Waals surface area contributed by atoms with Crippen LogP contribution in [0.2, 0.25) is 5.02 Å². The van der Waals surface area contributed by atoms with E-state index in [0.717, 1.165) is 22.6 Å². The number of anilines is 1. The molecule has 0 spiro atoms. The highest BCUT2D eigenvalue weighted by Crippen LogP contribution is 2.20. The zero-order valence-electron chi connectivity index (χ0n) is 11.3. The van der Waals surface area contributed by atoms with Gasteiger partial charge in [0.25, 0.3) is 0 Å². The molecule has 0 aliphatic rings. The molecule has 106 valence electrons. The molecular formula is C14H15ClN2O2S. The number of carbonyl (C=O) groups is 1. The molecule has 1 aromatic heterocycles. The molecule has 0 radical (unpaired) electrons. The Balaban J connectivity index is 2.00. The number of nitrogens with zero attached hydrogens (tertiary/aromatic N) is 1. The molecule has 0 aliphatic heterocycles. The first-order valence-corrected chi connectivity index (χ1v) is 7.44. The lowest BCUT2D eigenvalue weighted by Gasteiger charge is -2.09. The van der Waals surface area contributed by atoms with Crippen molar-refractivity contribution in [3.63, 3.8) is 0 Å². The number of nitrogens with one attached hydrogen (secondary N) is 1. The monoisotopic (exact) mass is 310 g/mol. The van der Waals surface area contributed by atoms with Crippen LogP contribution in [-0.4, -0.2) is 10.5 Å². The number of thiazole rings is 1. The van der Waals surface area contributed by atoms with E-state index in [1.54, 1.807) is 22.1 Å². The van der Waals surface area contributed by atoms with Crippen molar-refractivity contribution < 1.29 is 4.79 Å². The summed E-state index contributed by atoms with van der Waals surface area (Å²) in [5, 5.41) is 5.19. The molecule has 20 heavy (non-hydrogen) atoms. The molecular weight excluding hydrogens is 296 g/mol. The van der Waals surface area contributed by atoms with Gasteiger partial charge >= 0.3 is 4.87 Å². The minimum Gasteiger partial charge on any atom is -0.326 e. The van der Waals surface area contributed by atoms with Crippen LogP contribution >= 0.6 is 22.9 Å². The molecule has 0 atom stereocenters. The number of halogens is 1. The van der Waals surface area contributed by atoms with Gasteiger partial charge in [0, 0.05) is 34.7 Å². The first-order valence-electron chi connectivity index (χ1n) is 6.18. The van der Waals surface area contributed by atoms with Crippen LogP contribution in [0.3, 0.4) is 0 Å². The Kier molecular flexibility index (Phi) is 4.62. The van der Waals surface area contributed by atoms with Gasteiger partial charge in [-0.05, 0) is 31.5 Å². The molecule has 4 nitrogen and oxygen atoms in total. The molecule has 6 heteroatoms. The Morgan fingerprint density at radius 2 is 2.15 bits per heavy atom. The van der Waals surface area contributed by atoms with Crippen molar-refractivity contribution in [2.75, 3.05) is 5.32 Å². The Morgan fingerprint density at radius 1 is 1.40 bits per heavy atom. The average molecular weight is 311 g/mol. The number of rotatable bonds is 4. The van der Waals surface area contributed by atoms with Crippen LogP contribution in [0, 0.1) is 13.8 Å². The van der Waals surface area contributed by atoms with E-state index in [4.69, 9.17) is 11.6 Å². The van der Waals surface area contributed by atoms with Crippen LogP contribution in [0.5, 0.6) is 0 Å². The van der Waals surface area contributed by atoms with E-state index in [1.165, 1.54) is 0 Å². The van der Waals surface area contributed by atoms with Crippen LogP contribution in [0.25, 0.3) is 0 Å². The van der Waals surface area contributed by atoms with Crippen molar-refractivity contribution >= 4 is 34.5 Å². The van der Waals surface area contributed by atoms with Crippen LogP contribution in [0.15, 0.2) is 28.4 Å². The molecule has 1 amide bonds. The summed E-state index contributed by atoms with van der Waals surface area (Å²) in [4.78, 5) is 23.4. The number of amides is 1. The van der Waals surface area contributed by atoms with Gasteiger partial charge in [-0.1, -0.05) is 29.0 Å². The maximum absolute atomic E-state index is 11.9. The molecule has 0 aliphatic carbocycles. The molecule has 1 N–H and O–H groups in total.